The molecule has 0 aromatic rings. The molecule has 1 unspecified atom stereocenters. The number of hydrogen-bond acceptors (Lipinski definition) is 3. The number of allylic oxidation sites excluding steroid dienone is 5. The number of rotatable bonds is 2. The second kappa shape index (κ2) is 5.87. The van der Waals surface area contributed by atoms with Gasteiger partial charge in [0.25, 0.3) is 0 Å². The third-order valence-corrected chi connectivity index (χ3v) is 7.28. The first-order chi connectivity index (χ1) is 12.0. The van der Waals surface area contributed by atoms with Gasteiger partial charge in [0.05, 0.1) is 18.8 Å². The molecule has 0 saturated heterocycles. The van der Waals surface area contributed by atoms with Crippen LogP contribution >= 0.6 is 0 Å². The average Bonchev–Trinajstić information content (AvgIpc) is 2.93. The third kappa shape index (κ3) is 2.42. The van der Waals surface area contributed by atoms with Gasteiger partial charge in [0, 0.05) is 5.92 Å². The van der Waals surface area contributed by atoms with Crippen molar-refractivity contribution in [2.45, 2.75) is 45.1 Å². The summed E-state index contributed by atoms with van der Waals surface area (Å²) in [6, 6.07) is 0. The minimum absolute atomic E-state index is 0.0866. The first-order valence-electron chi connectivity index (χ1n) is 9.28. The lowest BCUT2D eigenvalue weighted by Crippen LogP contribution is -2.43. The molecule has 4 rings (SSSR count). The van der Waals surface area contributed by atoms with Crippen LogP contribution < -0.4 is 0 Å². The van der Waals surface area contributed by atoms with E-state index in [4.69, 9.17) is 0 Å². The lowest BCUT2D eigenvalue weighted by molar-refractivity contribution is -0.136. The topological polar surface area (TPSA) is 77.8 Å². The molecule has 4 nitrogen and oxygen atoms in total. The van der Waals surface area contributed by atoms with Crippen molar-refractivity contribution in [3.63, 3.8) is 0 Å². The molecule has 4 aliphatic carbocycles. The minimum atomic E-state index is -0.893. The maximum absolute atomic E-state index is 11.2. The number of hydrogen-bond donors (Lipinski definition) is 3. The zero-order valence-electron chi connectivity index (χ0n) is 14.6. The van der Waals surface area contributed by atoms with Crippen molar-refractivity contribution >= 4 is 5.97 Å². The fraction of sp³-hybridized carbons (Fsp3) is 0.571. The number of aliphatic carboxylic acids is 1. The molecule has 25 heavy (non-hydrogen) atoms. The predicted molar refractivity (Wildman–Crippen MR) is 94.8 cm³/mol. The number of carboxylic acid groups (broad SMARTS) is 1. The smallest absolute Gasteiger partial charge is 0.307 e. The summed E-state index contributed by atoms with van der Waals surface area (Å²) in [6.07, 6.45) is 12.8. The van der Waals surface area contributed by atoms with Crippen LogP contribution in [0.25, 0.3) is 0 Å². The lowest BCUT2D eigenvalue weighted by atomic mass is 9.54. The van der Waals surface area contributed by atoms with Gasteiger partial charge in [-0.3, -0.25) is 4.79 Å². The maximum Gasteiger partial charge on any atom is 0.307 e. The Labute approximate surface area is 148 Å². The van der Waals surface area contributed by atoms with Gasteiger partial charge < -0.3 is 15.3 Å². The van der Waals surface area contributed by atoms with Crippen LogP contribution in [0.4, 0.5) is 0 Å². The Hall–Kier alpha value is -1.81. The van der Waals surface area contributed by atoms with Crippen molar-refractivity contribution in [3.05, 3.63) is 47.3 Å². The zero-order chi connectivity index (χ0) is 17.8. The highest BCUT2D eigenvalue weighted by molar-refractivity contribution is 5.71. The van der Waals surface area contributed by atoms with Crippen LogP contribution in [0.2, 0.25) is 0 Å². The van der Waals surface area contributed by atoms with E-state index in [0.29, 0.717) is 23.3 Å². The number of aliphatic hydroxyl groups excluding tert-OH is 2. The molecule has 0 radical (unpaired) electrons. The maximum atomic E-state index is 11.2. The van der Waals surface area contributed by atoms with Gasteiger partial charge in [-0.25, -0.2) is 0 Å². The van der Waals surface area contributed by atoms with Gasteiger partial charge >= 0.3 is 5.97 Å². The summed E-state index contributed by atoms with van der Waals surface area (Å²) in [6.45, 7) is 2.29. The van der Waals surface area contributed by atoms with E-state index in [2.05, 4.69) is 25.2 Å². The molecule has 2 fully saturated rings. The summed E-state index contributed by atoms with van der Waals surface area (Å²) in [5.41, 5.74) is 2.93. The normalized spacial score (nSPS) is 43.8. The number of carbonyl (C=O) groups is 1. The SMILES string of the molecule is C[C@]12CC[C@H]3[C@@H](C=CC4=C(CC(=O)O)C(O)C=C[C@@H]43)[C@@H]1CCC2=CO. The molecule has 0 heterocycles. The predicted octanol–water partition coefficient (Wildman–Crippen LogP) is 3.76. The van der Waals surface area contributed by atoms with Crippen LogP contribution in [0.15, 0.2) is 47.3 Å². The summed E-state index contributed by atoms with van der Waals surface area (Å²) < 4.78 is 0. The van der Waals surface area contributed by atoms with Crippen molar-refractivity contribution in [1.82, 2.24) is 0 Å². The zero-order valence-corrected chi connectivity index (χ0v) is 14.6. The summed E-state index contributed by atoms with van der Waals surface area (Å²) in [4.78, 5) is 11.2. The van der Waals surface area contributed by atoms with Crippen molar-refractivity contribution in [2.75, 3.05) is 0 Å². The Balaban J connectivity index is 1.72. The summed E-state index contributed by atoms with van der Waals surface area (Å²) in [7, 11) is 0. The van der Waals surface area contributed by atoms with E-state index in [0.717, 1.165) is 31.3 Å². The van der Waals surface area contributed by atoms with E-state index in [1.54, 1.807) is 6.08 Å². The van der Waals surface area contributed by atoms with E-state index in [1.807, 2.05) is 0 Å². The monoisotopic (exact) mass is 342 g/mol. The average molecular weight is 342 g/mol. The molecule has 0 bridgehead atoms. The first kappa shape index (κ1) is 16.6. The Morgan fingerprint density at radius 1 is 1.32 bits per heavy atom. The van der Waals surface area contributed by atoms with E-state index >= 15 is 0 Å². The van der Waals surface area contributed by atoms with Crippen LogP contribution in [0.5, 0.6) is 0 Å². The van der Waals surface area contributed by atoms with Crippen LogP contribution in [0, 0.1) is 29.1 Å². The van der Waals surface area contributed by atoms with Crippen LogP contribution in [-0.2, 0) is 4.79 Å². The molecule has 0 aromatic heterocycles. The van der Waals surface area contributed by atoms with Gasteiger partial charge in [-0.1, -0.05) is 31.2 Å². The van der Waals surface area contributed by atoms with Gasteiger partial charge in [0.2, 0.25) is 0 Å². The van der Waals surface area contributed by atoms with Gasteiger partial charge in [-0.05, 0) is 65.6 Å². The molecule has 134 valence electrons. The van der Waals surface area contributed by atoms with E-state index in [-0.39, 0.29) is 17.8 Å². The standard InChI is InChI=1S/C21H26O4/c1-21-9-8-15-13-5-7-19(23)17(10-20(24)25)14(13)3-4-16(15)18(21)6-2-12(21)11-22/h3-5,7,11,13,15-16,18-19,22-23H,2,6,8-10H2,1H3,(H,24,25)/t13-,15+,16+,18-,19?,21+/m0/s1. The minimum Gasteiger partial charge on any atom is -0.516 e. The number of fused-ring (bicyclic) bond motifs is 5. The third-order valence-electron chi connectivity index (χ3n) is 7.28. The van der Waals surface area contributed by atoms with Crippen LogP contribution in [0.1, 0.15) is 39.0 Å². The van der Waals surface area contributed by atoms with Gasteiger partial charge in [-0.15, -0.1) is 0 Å². The highest BCUT2D eigenvalue weighted by Crippen LogP contribution is 2.62. The Morgan fingerprint density at radius 3 is 2.84 bits per heavy atom. The van der Waals surface area contributed by atoms with Gasteiger partial charge in [-0.2, -0.15) is 0 Å². The largest absolute Gasteiger partial charge is 0.516 e. The highest BCUT2D eigenvalue weighted by atomic mass is 16.4. The highest BCUT2D eigenvalue weighted by Gasteiger charge is 2.53. The van der Waals surface area contributed by atoms with E-state index in [9.17, 15) is 20.1 Å². The Kier molecular flexibility index (Phi) is 3.91. The molecule has 0 aromatic carbocycles. The molecular weight excluding hydrogens is 316 g/mol. The quantitative estimate of drug-likeness (QED) is 0.527. The second-order valence-corrected chi connectivity index (χ2v) is 8.26. The van der Waals surface area contributed by atoms with Gasteiger partial charge in [0.15, 0.2) is 0 Å². The van der Waals surface area contributed by atoms with Crippen molar-refractivity contribution < 1.29 is 20.1 Å². The molecule has 3 N–H and O–H groups in total. The van der Waals surface area contributed by atoms with E-state index < -0.39 is 12.1 Å². The second-order valence-electron chi connectivity index (χ2n) is 8.26. The molecule has 0 aliphatic heterocycles. The number of carboxylic acids is 1. The van der Waals surface area contributed by atoms with Crippen LogP contribution in [0.3, 0.4) is 0 Å². The van der Waals surface area contributed by atoms with Crippen molar-refractivity contribution in [2.24, 2.45) is 29.1 Å². The van der Waals surface area contributed by atoms with Crippen molar-refractivity contribution in [1.29, 1.82) is 0 Å². The van der Waals surface area contributed by atoms with E-state index in [1.165, 1.54) is 11.8 Å². The van der Waals surface area contributed by atoms with Gasteiger partial charge in [0.1, 0.15) is 0 Å². The fourth-order valence-electron chi connectivity index (χ4n) is 5.99. The molecule has 4 heteroatoms. The fourth-order valence-corrected chi connectivity index (χ4v) is 5.99. The summed E-state index contributed by atoms with van der Waals surface area (Å²) in [5, 5.41) is 29.0. The van der Waals surface area contributed by atoms with Crippen molar-refractivity contribution in [3.8, 4) is 0 Å². The lowest BCUT2D eigenvalue weighted by Gasteiger charge is -2.50. The molecular formula is C21H26O4. The molecule has 2 saturated carbocycles. The first-order valence-corrected chi connectivity index (χ1v) is 9.28. The molecule has 0 amide bonds. The Morgan fingerprint density at radius 2 is 2.12 bits per heavy atom. The molecule has 0 spiro atoms. The summed E-state index contributed by atoms with van der Waals surface area (Å²) >= 11 is 0. The summed E-state index contributed by atoms with van der Waals surface area (Å²) in [5.74, 6) is 0.764. The molecule has 4 aliphatic rings. The van der Waals surface area contributed by atoms with Crippen LogP contribution in [-0.4, -0.2) is 27.4 Å². The number of aliphatic hydroxyl groups is 2. The Bertz CT molecular complexity index is 713. The molecule has 6 atom stereocenters.